The highest BCUT2D eigenvalue weighted by Gasteiger charge is 2.35. The lowest BCUT2D eigenvalue weighted by molar-refractivity contribution is -0.137. The van der Waals surface area contributed by atoms with Crippen molar-refractivity contribution in [1.29, 1.82) is 0 Å². The molecule has 31 heavy (non-hydrogen) atoms. The van der Waals surface area contributed by atoms with E-state index in [4.69, 9.17) is 14.5 Å². The molecule has 160 valence electrons. The summed E-state index contributed by atoms with van der Waals surface area (Å²) in [7, 11) is 0. The molecular formula is C23H23N3O4S. The van der Waals surface area contributed by atoms with Gasteiger partial charge in [-0.25, -0.2) is 4.98 Å². The third kappa shape index (κ3) is 4.07. The lowest BCUT2D eigenvalue weighted by Gasteiger charge is -2.29. The van der Waals surface area contributed by atoms with Crippen LogP contribution in [0.25, 0.3) is 10.2 Å². The summed E-state index contributed by atoms with van der Waals surface area (Å²) in [5.74, 6) is 0.340. The largest absolute Gasteiger partial charge is 0.485 e. The molecule has 1 fully saturated rings. The molecule has 1 aliphatic heterocycles. The number of para-hydroxylation sites is 3. The number of aromatic nitrogens is 1. The number of hydrazine groups is 1. The number of ether oxygens (including phenoxy) is 2. The van der Waals surface area contributed by atoms with Gasteiger partial charge in [-0.1, -0.05) is 37.1 Å². The Labute approximate surface area is 183 Å². The number of hydrogen-bond donors (Lipinski definition) is 2. The fourth-order valence-corrected chi connectivity index (χ4v) is 5.40. The minimum absolute atomic E-state index is 0.0594. The van der Waals surface area contributed by atoms with E-state index in [2.05, 4.69) is 16.9 Å². The molecule has 2 heterocycles. The van der Waals surface area contributed by atoms with Gasteiger partial charge in [0.1, 0.15) is 6.61 Å². The Hall–Kier alpha value is -3.13. The lowest BCUT2D eigenvalue weighted by Crippen LogP contribution is -2.52. The molecule has 1 saturated carbocycles. The quantitative estimate of drug-likeness (QED) is 0.612. The molecule has 2 aliphatic rings. The van der Waals surface area contributed by atoms with E-state index in [1.54, 1.807) is 23.5 Å². The van der Waals surface area contributed by atoms with Crippen LogP contribution in [0.4, 0.5) is 0 Å². The van der Waals surface area contributed by atoms with Crippen molar-refractivity contribution in [1.82, 2.24) is 15.8 Å². The van der Waals surface area contributed by atoms with Gasteiger partial charge in [0.25, 0.3) is 5.91 Å². The number of fused-ring (bicyclic) bond motifs is 2. The predicted octanol–water partition coefficient (Wildman–Crippen LogP) is 3.56. The van der Waals surface area contributed by atoms with Gasteiger partial charge < -0.3 is 9.47 Å². The zero-order valence-electron chi connectivity index (χ0n) is 16.9. The van der Waals surface area contributed by atoms with Gasteiger partial charge in [-0.05, 0) is 37.1 Å². The molecule has 2 amide bonds. The summed E-state index contributed by atoms with van der Waals surface area (Å²) in [4.78, 5) is 30.3. The molecule has 2 N–H and O–H groups in total. The third-order valence-corrected chi connectivity index (χ3v) is 7.01. The van der Waals surface area contributed by atoms with E-state index in [-0.39, 0.29) is 24.3 Å². The summed E-state index contributed by atoms with van der Waals surface area (Å²) < 4.78 is 12.4. The number of amides is 2. The molecule has 3 aromatic rings. The standard InChI is InChI=1S/C23H23N3O4S/c27-21(25-26-22(28)19-13-29-17-10-4-5-11-18(17)30-19)14-7-1-2-8-15(14)23-24-16-9-3-6-12-20(16)31-23/h3-6,9-12,14-15,19H,1-2,7-8,13H2,(H,25,27)(H,26,28). The summed E-state index contributed by atoms with van der Waals surface area (Å²) in [5.41, 5.74) is 6.10. The maximum Gasteiger partial charge on any atom is 0.283 e. The van der Waals surface area contributed by atoms with Crippen LogP contribution in [0.3, 0.4) is 0 Å². The molecular weight excluding hydrogens is 414 g/mol. The average molecular weight is 438 g/mol. The Morgan fingerprint density at radius 1 is 0.935 bits per heavy atom. The average Bonchev–Trinajstić information content (AvgIpc) is 3.26. The van der Waals surface area contributed by atoms with Crippen LogP contribution in [0, 0.1) is 5.92 Å². The van der Waals surface area contributed by atoms with E-state index < -0.39 is 12.0 Å². The number of carbonyl (C=O) groups is 2. The van der Waals surface area contributed by atoms with Crippen LogP contribution >= 0.6 is 11.3 Å². The number of benzene rings is 2. The van der Waals surface area contributed by atoms with Crippen molar-refractivity contribution >= 4 is 33.4 Å². The maximum atomic E-state index is 13.0. The van der Waals surface area contributed by atoms with Crippen LogP contribution in [-0.2, 0) is 9.59 Å². The van der Waals surface area contributed by atoms with Crippen molar-refractivity contribution in [3.05, 3.63) is 53.5 Å². The molecule has 2 aromatic carbocycles. The summed E-state index contributed by atoms with van der Waals surface area (Å²) in [6.45, 7) is 0.0937. The number of rotatable bonds is 3. The molecule has 3 atom stereocenters. The van der Waals surface area contributed by atoms with Gasteiger partial charge in [0.15, 0.2) is 11.5 Å². The fourth-order valence-electron chi connectivity index (χ4n) is 4.23. The molecule has 1 aliphatic carbocycles. The Morgan fingerprint density at radius 3 is 2.55 bits per heavy atom. The van der Waals surface area contributed by atoms with Crippen molar-refractivity contribution in [3.63, 3.8) is 0 Å². The van der Waals surface area contributed by atoms with Crippen LogP contribution in [0.15, 0.2) is 48.5 Å². The first-order valence-electron chi connectivity index (χ1n) is 10.5. The highest BCUT2D eigenvalue weighted by atomic mass is 32.1. The second-order valence-electron chi connectivity index (χ2n) is 7.86. The van der Waals surface area contributed by atoms with Crippen LogP contribution in [0.5, 0.6) is 11.5 Å². The van der Waals surface area contributed by atoms with Crippen LogP contribution in [0.2, 0.25) is 0 Å². The summed E-state index contributed by atoms with van der Waals surface area (Å²) >= 11 is 1.65. The molecule has 0 spiro atoms. The molecule has 1 aromatic heterocycles. The maximum absolute atomic E-state index is 13.0. The molecule has 0 bridgehead atoms. The minimum atomic E-state index is -0.818. The van der Waals surface area contributed by atoms with E-state index in [0.29, 0.717) is 11.5 Å². The van der Waals surface area contributed by atoms with E-state index in [0.717, 1.165) is 40.9 Å². The Balaban J connectivity index is 1.23. The Kier molecular flexibility index (Phi) is 5.46. The second kappa shape index (κ2) is 8.55. The molecule has 3 unspecified atom stereocenters. The molecule has 7 nitrogen and oxygen atoms in total. The van der Waals surface area contributed by atoms with Crippen molar-refractivity contribution in [2.24, 2.45) is 5.92 Å². The van der Waals surface area contributed by atoms with E-state index in [1.807, 2.05) is 30.3 Å². The van der Waals surface area contributed by atoms with Gasteiger partial charge in [-0.15, -0.1) is 11.3 Å². The van der Waals surface area contributed by atoms with Gasteiger partial charge in [0, 0.05) is 11.8 Å². The molecule has 5 rings (SSSR count). The first-order valence-corrected chi connectivity index (χ1v) is 11.3. The topological polar surface area (TPSA) is 89.6 Å². The van der Waals surface area contributed by atoms with Crippen molar-refractivity contribution in [2.45, 2.75) is 37.7 Å². The molecule has 0 saturated heterocycles. The third-order valence-electron chi connectivity index (χ3n) is 5.84. The van der Waals surface area contributed by atoms with Crippen LogP contribution in [0.1, 0.15) is 36.6 Å². The van der Waals surface area contributed by atoms with Crippen LogP contribution < -0.4 is 20.3 Å². The number of carbonyl (C=O) groups excluding carboxylic acids is 2. The second-order valence-corrected chi connectivity index (χ2v) is 8.92. The number of hydrogen-bond acceptors (Lipinski definition) is 6. The normalized spacial score (nSPS) is 22.6. The SMILES string of the molecule is O=C(NNC(=O)C1CCCCC1c1nc2ccccc2s1)C1COc2ccccc2O1. The number of nitrogens with zero attached hydrogens (tertiary/aromatic N) is 1. The van der Waals surface area contributed by atoms with Gasteiger partial charge in [0.2, 0.25) is 12.0 Å². The van der Waals surface area contributed by atoms with E-state index in [1.165, 1.54) is 0 Å². The van der Waals surface area contributed by atoms with E-state index in [9.17, 15) is 9.59 Å². The Morgan fingerprint density at radius 2 is 1.68 bits per heavy atom. The van der Waals surface area contributed by atoms with Crippen LogP contribution in [-0.4, -0.2) is 29.5 Å². The Bertz CT molecular complexity index is 1080. The monoisotopic (exact) mass is 437 g/mol. The van der Waals surface area contributed by atoms with Gasteiger partial charge in [-0.2, -0.15) is 0 Å². The predicted molar refractivity (Wildman–Crippen MR) is 117 cm³/mol. The highest BCUT2D eigenvalue weighted by Crippen LogP contribution is 2.40. The molecule has 0 radical (unpaired) electrons. The summed E-state index contributed by atoms with van der Waals surface area (Å²) in [6, 6.07) is 15.2. The minimum Gasteiger partial charge on any atom is -0.485 e. The first kappa shape index (κ1) is 19.8. The van der Waals surface area contributed by atoms with Gasteiger partial charge in [-0.3, -0.25) is 20.4 Å². The molecule has 8 heteroatoms. The zero-order chi connectivity index (χ0) is 21.2. The fraction of sp³-hybridized carbons (Fsp3) is 0.348. The first-order chi connectivity index (χ1) is 15.2. The van der Waals surface area contributed by atoms with Crippen molar-refractivity contribution in [3.8, 4) is 11.5 Å². The van der Waals surface area contributed by atoms with Gasteiger partial charge >= 0.3 is 0 Å². The summed E-state index contributed by atoms with van der Waals surface area (Å²) in [6.07, 6.45) is 2.94. The van der Waals surface area contributed by atoms with Crippen molar-refractivity contribution in [2.75, 3.05) is 6.61 Å². The highest BCUT2D eigenvalue weighted by molar-refractivity contribution is 7.18. The zero-order valence-corrected chi connectivity index (χ0v) is 17.7. The van der Waals surface area contributed by atoms with Gasteiger partial charge in [0.05, 0.1) is 15.2 Å². The number of thiazole rings is 1. The van der Waals surface area contributed by atoms with Crippen molar-refractivity contribution < 1.29 is 19.1 Å². The van der Waals surface area contributed by atoms with E-state index >= 15 is 0 Å². The summed E-state index contributed by atoms with van der Waals surface area (Å²) in [5, 5.41) is 0.994. The number of nitrogens with one attached hydrogen (secondary N) is 2. The smallest absolute Gasteiger partial charge is 0.283 e. The lowest BCUT2D eigenvalue weighted by atomic mass is 9.79.